The molecule has 5 heteroatoms. The van der Waals surface area contributed by atoms with E-state index in [1.807, 2.05) is 17.0 Å². The Balaban J connectivity index is 1.79. The maximum atomic E-state index is 12.7. The van der Waals surface area contributed by atoms with Crippen molar-refractivity contribution in [2.75, 3.05) is 51.3 Å². The summed E-state index contributed by atoms with van der Waals surface area (Å²) < 4.78 is 5.47. The smallest absolute Gasteiger partial charge is 0.241 e. The minimum Gasteiger partial charge on any atom is -0.495 e. The lowest BCUT2D eigenvalue weighted by atomic mass is 10.0. The lowest BCUT2D eigenvalue weighted by Crippen LogP contribution is -2.49. The Morgan fingerprint density at radius 3 is 2.86 bits per heavy atom. The van der Waals surface area contributed by atoms with E-state index in [1.54, 1.807) is 7.11 Å². The number of rotatable bonds is 3. The molecule has 3 rings (SSSR count). The van der Waals surface area contributed by atoms with Crippen LogP contribution >= 0.6 is 0 Å². The highest BCUT2D eigenvalue weighted by Gasteiger charge is 2.27. The third kappa shape index (κ3) is 3.04. The number of nitrogens with zero attached hydrogens (tertiary/aromatic N) is 2. The van der Waals surface area contributed by atoms with Crippen molar-refractivity contribution in [3.8, 4) is 5.75 Å². The Morgan fingerprint density at radius 2 is 2.10 bits per heavy atom. The number of ether oxygens (including phenoxy) is 1. The second kappa shape index (κ2) is 6.45. The Morgan fingerprint density at radius 1 is 1.29 bits per heavy atom. The first-order valence-electron chi connectivity index (χ1n) is 7.69. The summed E-state index contributed by atoms with van der Waals surface area (Å²) in [4.78, 5) is 16.8. The molecule has 2 heterocycles. The fourth-order valence-corrected chi connectivity index (χ4v) is 3.18. The van der Waals surface area contributed by atoms with Crippen LogP contribution in [0.25, 0.3) is 0 Å². The summed E-state index contributed by atoms with van der Waals surface area (Å²) in [6, 6.07) is 6.04. The molecule has 0 bridgehead atoms. The first-order valence-corrected chi connectivity index (χ1v) is 7.69. The lowest BCUT2D eigenvalue weighted by Gasteiger charge is -2.33. The molecule has 0 atom stereocenters. The predicted octanol–water partition coefficient (Wildman–Crippen LogP) is 0.880. The van der Waals surface area contributed by atoms with E-state index in [-0.39, 0.29) is 5.91 Å². The minimum atomic E-state index is 0.183. The fourth-order valence-electron chi connectivity index (χ4n) is 3.18. The first kappa shape index (κ1) is 14.4. The van der Waals surface area contributed by atoms with E-state index in [1.165, 1.54) is 5.56 Å². The Hall–Kier alpha value is -1.59. The first-order chi connectivity index (χ1) is 10.3. The molecule has 21 heavy (non-hydrogen) atoms. The highest BCUT2D eigenvalue weighted by Crippen LogP contribution is 2.36. The average Bonchev–Trinajstić information content (AvgIpc) is 2.54. The van der Waals surface area contributed by atoms with Gasteiger partial charge in [0.25, 0.3) is 0 Å². The highest BCUT2D eigenvalue weighted by molar-refractivity contribution is 5.97. The molecule has 1 aromatic rings. The van der Waals surface area contributed by atoms with Crippen LogP contribution in [0.15, 0.2) is 18.2 Å². The SMILES string of the molecule is COc1cccc2c1N(C(=O)CN1CCNCC1)CCC2. The van der Waals surface area contributed by atoms with Crippen LogP contribution < -0.4 is 15.0 Å². The van der Waals surface area contributed by atoms with Gasteiger partial charge in [0.15, 0.2) is 0 Å². The summed E-state index contributed by atoms with van der Waals surface area (Å²) in [5.41, 5.74) is 2.20. The van der Waals surface area contributed by atoms with Crippen molar-refractivity contribution in [1.82, 2.24) is 10.2 Å². The number of methoxy groups -OCH3 is 1. The van der Waals surface area contributed by atoms with Gasteiger partial charge < -0.3 is 15.0 Å². The number of nitrogens with one attached hydrogen (secondary N) is 1. The zero-order chi connectivity index (χ0) is 14.7. The van der Waals surface area contributed by atoms with E-state index in [2.05, 4.69) is 16.3 Å². The van der Waals surface area contributed by atoms with Crippen molar-refractivity contribution < 1.29 is 9.53 Å². The number of piperazine rings is 1. The quantitative estimate of drug-likeness (QED) is 0.897. The summed E-state index contributed by atoms with van der Waals surface area (Å²) in [6.07, 6.45) is 2.04. The molecule has 1 N–H and O–H groups in total. The van der Waals surface area contributed by atoms with Crippen LogP contribution in [0.3, 0.4) is 0 Å². The van der Waals surface area contributed by atoms with Gasteiger partial charge in [0.05, 0.1) is 19.3 Å². The van der Waals surface area contributed by atoms with E-state index in [0.717, 1.165) is 57.0 Å². The van der Waals surface area contributed by atoms with E-state index >= 15 is 0 Å². The molecule has 0 aliphatic carbocycles. The zero-order valence-electron chi connectivity index (χ0n) is 12.6. The van der Waals surface area contributed by atoms with Gasteiger partial charge in [-0.1, -0.05) is 12.1 Å². The molecule has 2 aliphatic rings. The van der Waals surface area contributed by atoms with E-state index < -0.39 is 0 Å². The van der Waals surface area contributed by atoms with Crippen molar-refractivity contribution in [2.24, 2.45) is 0 Å². The second-order valence-corrected chi connectivity index (χ2v) is 5.64. The monoisotopic (exact) mass is 289 g/mol. The summed E-state index contributed by atoms with van der Waals surface area (Å²) in [5.74, 6) is 0.989. The van der Waals surface area contributed by atoms with Gasteiger partial charge in [-0.2, -0.15) is 0 Å². The van der Waals surface area contributed by atoms with Gasteiger partial charge in [0.2, 0.25) is 5.91 Å². The number of carbonyl (C=O) groups excluding carboxylic acids is 1. The Bertz CT molecular complexity index is 498. The Kier molecular flexibility index (Phi) is 4.41. The van der Waals surface area contributed by atoms with E-state index in [9.17, 15) is 4.79 Å². The van der Waals surface area contributed by atoms with Gasteiger partial charge in [-0.25, -0.2) is 0 Å². The van der Waals surface area contributed by atoms with E-state index in [4.69, 9.17) is 4.74 Å². The van der Waals surface area contributed by atoms with Crippen LogP contribution in [0.2, 0.25) is 0 Å². The molecular weight excluding hydrogens is 266 g/mol. The van der Waals surface area contributed by atoms with Gasteiger partial charge in [-0.05, 0) is 24.5 Å². The molecule has 1 saturated heterocycles. The summed E-state index contributed by atoms with van der Waals surface area (Å²) >= 11 is 0. The van der Waals surface area contributed by atoms with Crippen LogP contribution in [0.5, 0.6) is 5.75 Å². The van der Waals surface area contributed by atoms with Crippen molar-refractivity contribution in [1.29, 1.82) is 0 Å². The molecule has 1 fully saturated rings. The molecule has 114 valence electrons. The number of aryl methyl sites for hydroxylation is 1. The lowest BCUT2D eigenvalue weighted by molar-refractivity contribution is -0.120. The zero-order valence-corrected chi connectivity index (χ0v) is 12.6. The molecule has 5 nitrogen and oxygen atoms in total. The van der Waals surface area contributed by atoms with Gasteiger partial charge >= 0.3 is 0 Å². The van der Waals surface area contributed by atoms with Crippen molar-refractivity contribution in [2.45, 2.75) is 12.8 Å². The molecule has 0 unspecified atom stereocenters. The van der Waals surface area contributed by atoms with Crippen LogP contribution in [0.1, 0.15) is 12.0 Å². The third-order valence-electron chi connectivity index (χ3n) is 4.27. The van der Waals surface area contributed by atoms with Gasteiger partial charge in [-0.3, -0.25) is 9.69 Å². The molecule has 1 amide bonds. The van der Waals surface area contributed by atoms with Crippen LogP contribution in [-0.2, 0) is 11.2 Å². The molecular formula is C16H23N3O2. The molecule has 0 spiro atoms. The number of hydrogen-bond donors (Lipinski definition) is 1. The second-order valence-electron chi connectivity index (χ2n) is 5.64. The van der Waals surface area contributed by atoms with Crippen LogP contribution in [-0.4, -0.2) is 57.2 Å². The molecule has 0 saturated carbocycles. The van der Waals surface area contributed by atoms with Gasteiger partial charge in [0.1, 0.15) is 5.75 Å². The largest absolute Gasteiger partial charge is 0.495 e. The molecule has 2 aliphatic heterocycles. The normalized spacial score (nSPS) is 19.2. The maximum Gasteiger partial charge on any atom is 0.241 e. The molecule has 0 aromatic heterocycles. The van der Waals surface area contributed by atoms with E-state index in [0.29, 0.717) is 6.54 Å². The van der Waals surface area contributed by atoms with Crippen LogP contribution in [0, 0.1) is 0 Å². The van der Waals surface area contributed by atoms with Gasteiger partial charge in [0, 0.05) is 32.7 Å². The highest BCUT2D eigenvalue weighted by atomic mass is 16.5. The molecule has 0 radical (unpaired) electrons. The number of anilines is 1. The summed E-state index contributed by atoms with van der Waals surface area (Å²) in [6.45, 7) is 5.11. The summed E-state index contributed by atoms with van der Waals surface area (Å²) in [5, 5.41) is 3.31. The average molecular weight is 289 g/mol. The number of hydrogen-bond acceptors (Lipinski definition) is 4. The predicted molar refractivity (Wildman–Crippen MR) is 83.0 cm³/mol. The summed E-state index contributed by atoms with van der Waals surface area (Å²) in [7, 11) is 1.67. The number of carbonyl (C=O) groups is 1. The topological polar surface area (TPSA) is 44.8 Å². The van der Waals surface area contributed by atoms with Crippen LogP contribution in [0.4, 0.5) is 5.69 Å². The van der Waals surface area contributed by atoms with Gasteiger partial charge in [-0.15, -0.1) is 0 Å². The van der Waals surface area contributed by atoms with Crippen molar-refractivity contribution in [3.05, 3.63) is 23.8 Å². The Labute approximate surface area is 125 Å². The number of para-hydroxylation sites is 1. The standard InChI is InChI=1S/C16H23N3O2/c1-21-14-6-2-4-13-5-3-9-19(16(13)14)15(20)12-18-10-7-17-8-11-18/h2,4,6,17H,3,5,7-12H2,1H3. The number of amides is 1. The number of fused-ring (bicyclic) bond motifs is 1. The third-order valence-corrected chi connectivity index (χ3v) is 4.27. The maximum absolute atomic E-state index is 12.7. The van der Waals surface area contributed by atoms with Crippen molar-refractivity contribution >= 4 is 11.6 Å². The molecule has 1 aromatic carbocycles. The fraction of sp³-hybridized carbons (Fsp3) is 0.562. The van der Waals surface area contributed by atoms with Crippen molar-refractivity contribution in [3.63, 3.8) is 0 Å². The number of benzene rings is 1. The minimum absolute atomic E-state index is 0.183.